The van der Waals surface area contributed by atoms with E-state index in [2.05, 4.69) is 218 Å². The van der Waals surface area contributed by atoms with Crippen LogP contribution in [0.5, 0.6) is 0 Å². The molecule has 4 heteroatoms. The average molecular weight is 807 g/mol. The molecule has 0 atom stereocenters. The van der Waals surface area contributed by atoms with Crippen LogP contribution in [0, 0.1) is 0 Å². The van der Waals surface area contributed by atoms with Crippen LogP contribution in [0.4, 0.5) is 17.1 Å². The molecule has 0 saturated carbocycles. The molecule has 3 heterocycles. The largest absolute Gasteiger partial charge is 0.317 e. The maximum atomic E-state index is 5.25. The Morgan fingerprint density at radius 3 is 1.86 bits per heavy atom. The monoisotopic (exact) mass is 806 g/mol. The quantitative estimate of drug-likeness (QED) is 0.168. The van der Waals surface area contributed by atoms with Gasteiger partial charge < -0.3 is 9.47 Å². The Balaban J connectivity index is 0.964. The van der Waals surface area contributed by atoms with Crippen molar-refractivity contribution in [2.24, 2.45) is 0 Å². The lowest BCUT2D eigenvalue weighted by Gasteiger charge is -2.42. The van der Waals surface area contributed by atoms with Gasteiger partial charge in [0, 0.05) is 50.4 Å². The number of rotatable bonds is 6. The SMILES string of the molecule is CC1(C)c2ccccc2N(c2ccc(-c3cccc4c(-c5ccccc5)nc(-c5ccccc5)nc34)cc2)c2ccc(-n3ccc4c(-c5cccc6ccccc56)cccc43)cc21. The molecule has 298 valence electrons. The maximum absolute atomic E-state index is 5.25. The molecule has 0 bridgehead atoms. The van der Waals surface area contributed by atoms with E-state index >= 15 is 0 Å². The molecule has 12 rings (SSSR count). The summed E-state index contributed by atoms with van der Waals surface area (Å²) in [5.74, 6) is 0.715. The summed E-state index contributed by atoms with van der Waals surface area (Å²) in [6.45, 7) is 4.72. The smallest absolute Gasteiger partial charge is 0.160 e. The zero-order chi connectivity index (χ0) is 42.1. The summed E-state index contributed by atoms with van der Waals surface area (Å²) >= 11 is 0. The number of nitrogens with zero attached hydrogens (tertiary/aromatic N) is 4. The minimum Gasteiger partial charge on any atom is -0.317 e. The van der Waals surface area contributed by atoms with Crippen molar-refractivity contribution < 1.29 is 0 Å². The lowest BCUT2D eigenvalue weighted by molar-refractivity contribution is 0.631. The normalized spacial score (nSPS) is 13.0. The van der Waals surface area contributed by atoms with Gasteiger partial charge in [0.25, 0.3) is 0 Å². The molecule has 1 aliphatic heterocycles. The van der Waals surface area contributed by atoms with Gasteiger partial charge >= 0.3 is 0 Å². The number of hydrogen-bond donors (Lipinski definition) is 0. The summed E-state index contributed by atoms with van der Waals surface area (Å²) in [5.41, 5.74) is 16.7. The predicted molar refractivity (Wildman–Crippen MR) is 262 cm³/mol. The van der Waals surface area contributed by atoms with Gasteiger partial charge in [-0.2, -0.15) is 0 Å². The van der Waals surface area contributed by atoms with Gasteiger partial charge in [0.05, 0.1) is 28.1 Å². The van der Waals surface area contributed by atoms with E-state index < -0.39 is 0 Å². The predicted octanol–water partition coefficient (Wildman–Crippen LogP) is 15.5. The molecular weight excluding hydrogens is 765 g/mol. The Hall–Kier alpha value is -8.08. The van der Waals surface area contributed by atoms with Crippen LogP contribution in [-0.4, -0.2) is 14.5 Å². The van der Waals surface area contributed by atoms with Crippen molar-refractivity contribution in [2.75, 3.05) is 4.90 Å². The third-order valence-corrected chi connectivity index (χ3v) is 13.0. The summed E-state index contributed by atoms with van der Waals surface area (Å²) in [6, 6.07) is 76.2. The minimum atomic E-state index is -0.245. The fourth-order valence-corrected chi connectivity index (χ4v) is 9.92. The summed E-state index contributed by atoms with van der Waals surface area (Å²) in [6.07, 6.45) is 2.23. The second-order valence-electron chi connectivity index (χ2n) is 17.0. The van der Waals surface area contributed by atoms with Gasteiger partial charge in [0.1, 0.15) is 0 Å². The molecule has 0 saturated heterocycles. The zero-order valence-corrected chi connectivity index (χ0v) is 35.1. The first-order chi connectivity index (χ1) is 31.0. The van der Waals surface area contributed by atoms with Crippen molar-refractivity contribution in [3.05, 3.63) is 230 Å². The number of hydrogen-bond acceptors (Lipinski definition) is 3. The first-order valence-electron chi connectivity index (χ1n) is 21.7. The van der Waals surface area contributed by atoms with E-state index in [1.165, 1.54) is 55.3 Å². The number of benzene rings is 9. The summed E-state index contributed by atoms with van der Waals surface area (Å²) < 4.78 is 2.35. The first-order valence-corrected chi connectivity index (χ1v) is 21.7. The second kappa shape index (κ2) is 14.5. The van der Waals surface area contributed by atoms with E-state index in [1.807, 2.05) is 24.3 Å². The first kappa shape index (κ1) is 36.7. The second-order valence-corrected chi connectivity index (χ2v) is 17.0. The van der Waals surface area contributed by atoms with Crippen LogP contribution >= 0.6 is 0 Å². The molecule has 4 nitrogen and oxygen atoms in total. The lowest BCUT2D eigenvalue weighted by atomic mass is 9.73. The van der Waals surface area contributed by atoms with E-state index in [0.717, 1.165) is 50.2 Å². The highest BCUT2D eigenvalue weighted by Crippen LogP contribution is 2.52. The topological polar surface area (TPSA) is 34.0 Å². The van der Waals surface area contributed by atoms with Crippen molar-refractivity contribution in [3.63, 3.8) is 0 Å². The third-order valence-electron chi connectivity index (χ3n) is 13.0. The Morgan fingerprint density at radius 1 is 0.413 bits per heavy atom. The van der Waals surface area contributed by atoms with E-state index in [1.54, 1.807) is 0 Å². The number of anilines is 3. The van der Waals surface area contributed by atoms with Gasteiger partial charge in [-0.3, -0.25) is 0 Å². The minimum absolute atomic E-state index is 0.245. The molecule has 0 fully saturated rings. The molecule has 2 aromatic heterocycles. The molecule has 0 amide bonds. The Kier molecular flexibility index (Phi) is 8.48. The van der Waals surface area contributed by atoms with Crippen LogP contribution in [0.15, 0.2) is 219 Å². The summed E-state index contributed by atoms with van der Waals surface area (Å²) in [4.78, 5) is 12.8. The van der Waals surface area contributed by atoms with E-state index in [0.29, 0.717) is 5.82 Å². The van der Waals surface area contributed by atoms with Crippen LogP contribution in [0.3, 0.4) is 0 Å². The van der Waals surface area contributed by atoms with Crippen LogP contribution in [0.2, 0.25) is 0 Å². The Labute approximate surface area is 367 Å². The summed E-state index contributed by atoms with van der Waals surface area (Å²) in [7, 11) is 0. The van der Waals surface area contributed by atoms with E-state index in [-0.39, 0.29) is 5.41 Å². The van der Waals surface area contributed by atoms with Gasteiger partial charge in [0.2, 0.25) is 0 Å². The van der Waals surface area contributed by atoms with Crippen LogP contribution in [-0.2, 0) is 5.41 Å². The fraction of sp³-hybridized carbons (Fsp3) is 0.0508. The number of para-hydroxylation sites is 2. The Morgan fingerprint density at radius 2 is 1.03 bits per heavy atom. The summed E-state index contributed by atoms with van der Waals surface area (Å²) in [5, 5.41) is 4.78. The highest BCUT2D eigenvalue weighted by molar-refractivity contribution is 6.06. The number of fused-ring (bicyclic) bond motifs is 5. The van der Waals surface area contributed by atoms with Crippen molar-refractivity contribution in [1.29, 1.82) is 0 Å². The molecule has 0 aliphatic carbocycles. The molecule has 0 radical (unpaired) electrons. The molecule has 0 unspecified atom stereocenters. The molecule has 11 aromatic rings. The molecule has 0 N–H and O–H groups in total. The van der Waals surface area contributed by atoms with Crippen molar-refractivity contribution in [3.8, 4) is 50.6 Å². The zero-order valence-electron chi connectivity index (χ0n) is 35.1. The van der Waals surface area contributed by atoms with Gasteiger partial charge in [-0.1, -0.05) is 178 Å². The average Bonchev–Trinajstić information content (AvgIpc) is 3.79. The fourth-order valence-electron chi connectivity index (χ4n) is 9.92. The van der Waals surface area contributed by atoms with Crippen LogP contribution in [0.25, 0.3) is 83.2 Å². The van der Waals surface area contributed by atoms with Crippen molar-refractivity contribution in [1.82, 2.24) is 14.5 Å². The highest BCUT2D eigenvalue weighted by atomic mass is 15.2. The van der Waals surface area contributed by atoms with E-state index in [9.17, 15) is 0 Å². The molecule has 63 heavy (non-hydrogen) atoms. The standard InChI is InChI=1S/C59H42N4/c1-59(2)51-27-11-12-28-54(51)63(55-35-34-44(38-52(55)59)62-37-36-49-48(25-15-29-53(49)62)47-24-13-21-39-16-9-10-22-45(39)47)43-32-30-40(31-33-43)46-23-14-26-50-56(41-17-5-3-6-18-41)60-58(61-57(46)50)42-19-7-4-8-20-42/h3-38H,1-2H3. The van der Waals surface area contributed by atoms with Gasteiger partial charge in [-0.15, -0.1) is 0 Å². The van der Waals surface area contributed by atoms with Crippen molar-refractivity contribution in [2.45, 2.75) is 19.3 Å². The lowest BCUT2D eigenvalue weighted by Crippen LogP contribution is -2.30. The van der Waals surface area contributed by atoms with E-state index in [4.69, 9.17) is 9.97 Å². The molecule has 0 spiro atoms. The van der Waals surface area contributed by atoms with Crippen LogP contribution < -0.4 is 4.90 Å². The highest BCUT2D eigenvalue weighted by Gasteiger charge is 2.37. The Bertz CT molecular complexity index is 3530. The third kappa shape index (κ3) is 5.98. The van der Waals surface area contributed by atoms with Crippen LogP contribution in [0.1, 0.15) is 25.0 Å². The van der Waals surface area contributed by atoms with Crippen molar-refractivity contribution >= 4 is 49.6 Å². The maximum Gasteiger partial charge on any atom is 0.160 e. The van der Waals surface area contributed by atoms with Gasteiger partial charge in [0.15, 0.2) is 5.82 Å². The van der Waals surface area contributed by atoms with Gasteiger partial charge in [-0.25, -0.2) is 9.97 Å². The van der Waals surface area contributed by atoms with Gasteiger partial charge in [-0.05, 0) is 87.1 Å². The molecular formula is C59H42N4. The number of aromatic nitrogens is 3. The molecule has 9 aromatic carbocycles. The molecule has 1 aliphatic rings.